The van der Waals surface area contributed by atoms with Crippen LogP contribution in [-0.2, 0) is 12.3 Å². The Hall–Kier alpha value is -0.550. The molecule has 0 unspecified atom stereocenters. The summed E-state index contributed by atoms with van der Waals surface area (Å²) in [6, 6.07) is 0. The Bertz CT molecular complexity index is 280. The number of nitrogens with zero attached hydrogens (tertiary/aromatic N) is 2. The Kier molecular flexibility index (Phi) is 3.42. The molecule has 0 saturated heterocycles. The van der Waals surface area contributed by atoms with E-state index in [9.17, 15) is 0 Å². The predicted octanol–water partition coefficient (Wildman–Crippen LogP) is 1.44. The first-order chi connectivity index (χ1) is 6.88. The normalized spacial score (nSPS) is 17.8. The Morgan fingerprint density at radius 1 is 1.43 bits per heavy atom. The van der Waals surface area contributed by atoms with Gasteiger partial charge in [-0.15, -0.1) is 0 Å². The second-order valence-corrected chi connectivity index (χ2v) is 4.91. The minimum Gasteiger partial charge on any atom is -0.324 e. The fourth-order valence-corrected chi connectivity index (χ4v) is 2.93. The molecule has 0 atom stereocenters. The molecule has 0 bridgehead atoms. The summed E-state index contributed by atoms with van der Waals surface area (Å²) in [7, 11) is 0. The van der Waals surface area contributed by atoms with Gasteiger partial charge in [0.25, 0.3) is 0 Å². The molecule has 3 N–H and O–H groups in total. The highest BCUT2D eigenvalue weighted by Gasteiger charge is 2.15. The van der Waals surface area contributed by atoms with E-state index in [1.165, 1.54) is 25.7 Å². The van der Waals surface area contributed by atoms with Crippen LogP contribution in [0.5, 0.6) is 0 Å². The van der Waals surface area contributed by atoms with Crippen LogP contribution in [0.1, 0.15) is 37.3 Å². The lowest BCUT2D eigenvalue weighted by Gasteiger charge is -2.05. The number of aromatic amines is 1. The molecule has 1 aliphatic carbocycles. The predicted molar refractivity (Wildman–Crippen MR) is 57.8 cm³/mol. The molecule has 0 aromatic carbocycles. The summed E-state index contributed by atoms with van der Waals surface area (Å²) < 4.78 is 0. The summed E-state index contributed by atoms with van der Waals surface area (Å²) in [5, 5.41) is 7.76. The zero-order chi connectivity index (χ0) is 9.80. The fourth-order valence-electron chi connectivity index (χ4n) is 1.74. The van der Waals surface area contributed by atoms with E-state index in [0.717, 1.165) is 16.8 Å². The number of rotatable bonds is 4. The van der Waals surface area contributed by atoms with Crippen LogP contribution in [0.3, 0.4) is 0 Å². The summed E-state index contributed by atoms with van der Waals surface area (Å²) in [5.41, 5.74) is 5.43. The molecule has 1 aromatic heterocycles. The lowest BCUT2D eigenvalue weighted by atomic mass is 10.4. The van der Waals surface area contributed by atoms with Gasteiger partial charge in [-0.2, -0.15) is 16.9 Å². The Balaban J connectivity index is 1.79. The van der Waals surface area contributed by atoms with E-state index >= 15 is 0 Å². The van der Waals surface area contributed by atoms with Crippen LogP contribution in [0.2, 0.25) is 0 Å². The van der Waals surface area contributed by atoms with Gasteiger partial charge in [0.15, 0.2) is 5.82 Å². The topological polar surface area (TPSA) is 67.6 Å². The molecule has 4 nitrogen and oxygen atoms in total. The second-order valence-electron chi connectivity index (χ2n) is 3.62. The SMILES string of the molecule is NCc1n[nH]c(CSC2CCCC2)n1. The number of aromatic nitrogens is 3. The molecule has 1 heterocycles. The highest BCUT2D eigenvalue weighted by molar-refractivity contribution is 7.99. The molecule has 1 aliphatic rings. The first-order valence-electron chi connectivity index (χ1n) is 5.10. The van der Waals surface area contributed by atoms with Crippen molar-refractivity contribution < 1.29 is 0 Å². The van der Waals surface area contributed by atoms with Crippen molar-refractivity contribution in [3.63, 3.8) is 0 Å². The van der Waals surface area contributed by atoms with Gasteiger partial charge < -0.3 is 5.73 Å². The highest BCUT2D eigenvalue weighted by Crippen LogP contribution is 2.30. The molecule has 2 rings (SSSR count). The van der Waals surface area contributed by atoms with Gasteiger partial charge in [0.05, 0.1) is 12.3 Å². The first-order valence-corrected chi connectivity index (χ1v) is 6.15. The Morgan fingerprint density at radius 3 is 2.86 bits per heavy atom. The fraction of sp³-hybridized carbons (Fsp3) is 0.778. The second kappa shape index (κ2) is 4.79. The summed E-state index contributed by atoms with van der Waals surface area (Å²) in [6.45, 7) is 0.421. The number of hydrogen-bond acceptors (Lipinski definition) is 4. The molecule has 1 saturated carbocycles. The van der Waals surface area contributed by atoms with Crippen molar-refractivity contribution in [3.8, 4) is 0 Å². The van der Waals surface area contributed by atoms with E-state index in [2.05, 4.69) is 15.2 Å². The maximum atomic E-state index is 5.43. The van der Waals surface area contributed by atoms with Crippen molar-refractivity contribution in [2.45, 2.75) is 43.2 Å². The lowest BCUT2D eigenvalue weighted by Crippen LogP contribution is -1.98. The third-order valence-electron chi connectivity index (χ3n) is 2.52. The quantitative estimate of drug-likeness (QED) is 0.792. The average Bonchev–Trinajstić information content (AvgIpc) is 2.86. The van der Waals surface area contributed by atoms with Crippen molar-refractivity contribution in [3.05, 3.63) is 11.6 Å². The molecular weight excluding hydrogens is 196 g/mol. The van der Waals surface area contributed by atoms with Gasteiger partial charge in [0.2, 0.25) is 0 Å². The molecule has 1 fully saturated rings. The van der Waals surface area contributed by atoms with E-state index in [4.69, 9.17) is 5.73 Å². The number of nitrogens with two attached hydrogens (primary N) is 1. The third-order valence-corrected chi connectivity index (χ3v) is 3.90. The van der Waals surface area contributed by atoms with Crippen LogP contribution in [-0.4, -0.2) is 20.4 Å². The van der Waals surface area contributed by atoms with E-state index in [1.807, 2.05) is 11.8 Å². The van der Waals surface area contributed by atoms with E-state index in [-0.39, 0.29) is 0 Å². The Morgan fingerprint density at radius 2 is 2.21 bits per heavy atom. The highest BCUT2D eigenvalue weighted by atomic mass is 32.2. The van der Waals surface area contributed by atoms with E-state index in [0.29, 0.717) is 12.4 Å². The summed E-state index contributed by atoms with van der Waals surface area (Å²) in [5.74, 6) is 2.62. The van der Waals surface area contributed by atoms with Crippen LogP contribution < -0.4 is 5.73 Å². The van der Waals surface area contributed by atoms with Crippen molar-refractivity contribution in [2.24, 2.45) is 5.73 Å². The van der Waals surface area contributed by atoms with E-state index < -0.39 is 0 Å². The molecule has 0 radical (unpaired) electrons. The van der Waals surface area contributed by atoms with Crippen LogP contribution >= 0.6 is 11.8 Å². The summed E-state index contributed by atoms with van der Waals surface area (Å²) >= 11 is 1.99. The maximum Gasteiger partial charge on any atom is 0.164 e. The number of thioether (sulfide) groups is 1. The summed E-state index contributed by atoms with van der Waals surface area (Å²) in [6.07, 6.45) is 5.51. The van der Waals surface area contributed by atoms with Crippen LogP contribution in [0.15, 0.2) is 0 Å². The van der Waals surface area contributed by atoms with Gasteiger partial charge >= 0.3 is 0 Å². The molecule has 0 aliphatic heterocycles. The molecule has 5 heteroatoms. The molecule has 14 heavy (non-hydrogen) atoms. The zero-order valence-corrected chi connectivity index (χ0v) is 9.02. The van der Waals surface area contributed by atoms with Crippen LogP contribution in [0, 0.1) is 0 Å². The lowest BCUT2D eigenvalue weighted by molar-refractivity contribution is 0.886. The average molecular weight is 212 g/mol. The van der Waals surface area contributed by atoms with Crippen LogP contribution in [0.4, 0.5) is 0 Å². The van der Waals surface area contributed by atoms with Gasteiger partial charge in [-0.05, 0) is 12.8 Å². The van der Waals surface area contributed by atoms with Crippen molar-refractivity contribution >= 4 is 11.8 Å². The monoisotopic (exact) mass is 212 g/mol. The van der Waals surface area contributed by atoms with E-state index in [1.54, 1.807) is 0 Å². The minimum atomic E-state index is 0.421. The van der Waals surface area contributed by atoms with Gasteiger partial charge in [-0.3, -0.25) is 5.10 Å². The smallest absolute Gasteiger partial charge is 0.164 e. The summed E-state index contributed by atoms with van der Waals surface area (Å²) in [4.78, 5) is 4.28. The van der Waals surface area contributed by atoms with Crippen molar-refractivity contribution in [1.29, 1.82) is 0 Å². The third kappa shape index (κ3) is 2.48. The van der Waals surface area contributed by atoms with Gasteiger partial charge in [-0.1, -0.05) is 12.8 Å². The molecule has 0 amide bonds. The van der Waals surface area contributed by atoms with Gasteiger partial charge in [0, 0.05) is 5.25 Å². The van der Waals surface area contributed by atoms with Crippen molar-refractivity contribution in [2.75, 3.05) is 0 Å². The molecule has 78 valence electrons. The molecule has 0 spiro atoms. The number of H-pyrrole nitrogens is 1. The Labute approximate surface area is 88.1 Å². The maximum absolute atomic E-state index is 5.43. The largest absolute Gasteiger partial charge is 0.324 e. The van der Waals surface area contributed by atoms with Gasteiger partial charge in [-0.25, -0.2) is 4.98 Å². The minimum absolute atomic E-state index is 0.421. The zero-order valence-electron chi connectivity index (χ0n) is 8.20. The number of hydrogen-bond donors (Lipinski definition) is 2. The molecule has 1 aromatic rings. The van der Waals surface area contributed by atoms with Crippen molar-refractivity contribution in [1.82, 2.24) is 15.2 Å². The van der Waals surface area contributed by atoms with Crippen LogP contribution in [0.25, 0.3) is 0 Å². The number of nitrogens with one attached hydrogen (secondary N) is 1. The standard InChI is InChI=1S/C9H16N4S/c10-5-8-11-9(13-12-8)6-14-7-3-1-2-4-7/h7H,1-6,10H2,(H,11,12,13). The molecular formula is C9H16N4S. The first kappa shape index (κ1) is 9.98. The van der Waals surface area contributed by atoms with Gasteiger partial charge in [0.1, 0.15) is 5.82 Å².